The van der Waals surface area contributed by atoms with Crippen molar-refractivity contribution in [3.8, 4) is 5.75 Å². The van der Waals surface area contributed by atoms with Gasteiger partial charge in [0.25, 0.3) is 11.8 Å². The predicted octanol–water partition coefficient (Wildman–Crippen LogP) is 2.62. The zero-order chi connectivity index (χ0) is 13.8. The van der Waals surface area contributed by atoms with E-state index in [1.165, 1.54) is 18.2 Å². The monoisotopic (exact) mass is 275 g/mol. The van der Waals surface area contributed by atoms with Crippen molar-refractivity contribution < 1.29 is 14.7 Å². The molecule has 0 aliphatic heterocycles. The Labute approximate surface area is 114 Å². The van der Waals surface area contributed by atoms with Gasteiger partial charge in [-0.15, -0.1) is 0 Å². The number of nitrogens with one attached hydrogen (secondary N) is 1. The minimum absolute atomic E-state index is 0.0397. The van der Waals surface area contributed by atoms with Crippen LogP contribution in [-0.4, -0.2) is 16.9 Å². The summed E-state index contributed by atoms with van der Waals surface area (Å²) in [5.41, 5.74) is 0.314. The molecule has 19 heavy (non-hydrogen) atoms. The van der Waals surface area contributed by atoms with Gasteiger partial charge >= 0.3 is 0 Å². The van der Waals surface area contributed by atoms with Crippen molar-refractivity contribution >= 4 is 23.4 Å². The van der Waals surface area contributed by atoms with E-state index < -0.39 is 11.8 Å². The zero-order valence-corrected chi connectivity index (χ0v) is 10.5. The Kier molecular flexibility index (Phi) is 3.82. The van der Waals surface area contributed by atoms with Gasteiger partial charge in [-0.05, 0) is 30.3 Å². The van der Waals surface area contributed by atoms with Crippen molar-refractivity contribution in [2.24, 2.45) is 0 Å². The Hall–Kier alpha value is -2.33. The third-order valence-corrected chi connectivity index (χ3v) is 2.70. The van der Waals surface area contributed by atoms with Crippen LogP contribution >= 0.6 is 11.6 Å². The molecule has 0 saturated heterocycles. The van der Waals surface area contributed by atoms with Gasteiger partial charge in [0.1, 0.15) is 5.75 Å². The topological polar surface area (TPSA) is 66.4 Å². The van der Waals surface area contributed by atoms with E-state index in [1.54, 1.807) is 30.3 Å². The molecule has 0 atom stereocenters. The van der Waals surface area contributed by atoms with Gasteiger partial charge in [0, 0.05) is 10.6 Å². The average molecular weight is 276 g/mol. The lowest BCUT2D eigenvalue weighted by Crippen LogP contribution is -2.30. The van der Waals surface area contributed by atoms with Gasteiger partial charge < -0.3 is 5.11 Å². The second-order valence-electron chi connectivity index (χ2n) is 3.81. The van der Waals surface area contributed by atoms with E-state index in [0.29, 0.717) is 5.02 Å². The van der Waals surface area contributed by atoms with Gasteiger partial charge in [-0.25, -0.2) is 0 Å². The quantitative estimate of drug-likeness (QED) is 0.828. The van der Waals surface area contributed by atoms with Gasteiger partial charge in [0.2, 0.25) is 0 Å². The van der Waals surface area contributed by atoms with Crippen LogP contribution < -0.4 is 5.32 Å². The highest BCUT2D eigenvalue weighted by molar-refractivity contribution is 6.31. The van der Waals surface area contributed by atoms with Crippen molar-refractivity contribution in [1.29, 1.82) is 0 Å². The minimum atomic E-state index is -0.664. The lowest BCUT2D eigenvalue weighted by molar-refractivity contribution is 0.0848. The van der Waals surface area contributed by atoms with Crippen molar-refractivity contribution in [3.63, 3.8) is 0 Å². The number of phenols is 1. The van der Waals surface area contributed by atoms with Crippen molar-refractivity contribution in [2.45, 2.75) is 0 Å². The molecule has 2 rings (SSSR count). The molecular weight excluding hydrogens is 266 g/mol. The third kappa shape index (κ3) is 3.11. The number of benzene rings is 2. The zero-order valence-electron chi connectivity index (χ0n) is 9.76. The summed E-state index contributed by atoms with van der Waals surface area (Å²) in [6.45, 7) is 0. The number of aromatic hydroxyl groups is 1. The first-order valence-electron chi connectivity index (χ1n) is 5.47. The Morgan fingerprint density at radius 3 is 2.42 bits per heavy atom. The molecule has 2 amide bonds. The summed E-state index contributed by atoms with van der Waals surface area (Å²) in [6.07, 6.45) is 0. The number of rotatable bonds is 2. The fourth-order valence-electron chi connectivity index (χ4n) is 1.54. The van der Waals surface area contributed by atoms with Gasteiger partial charge in [-0.3, -0.25) is 14.9 Å². The summed E-state index contributed by atoms with van der Waals surface area (Å²) in [5.74, 6) is -1.42. The lowest BCUT2D eigenvalue weighted by Gasteiger charge is -2.05. The molecule has 2 N–H and O–H groups in total. The molecule has 0 saturated carbocycles. The molecule has 0 aromatic heterocycles. The Morgan fingerprint density at radius 1 is 1.00 bits per heavy atom. The molecule has 2 aromatic carbocycles. The van der Waals surface area contributed by atoms with Gasteiger partial charge in [-0.2, -0.15) is 0 Å². The van der Waals surface area contributed by atoms with Gasteiger partial charge in [-0.1, -0.05) is 29.8 Å². The number of para-hydroxylation sites is 1. The van der Waals surface area contributed by atoms with E-state index in [-0.39, 0.29) is 16.9 Å². The second kappa shape index (κ2) is 5.54. The van der Waals surface area contributed by atoms with E-state index in [9.17, 15) is 14.7 Å². The average Bonchev–Trinajstić information content (AvgIpc) is 2.39. The number of hydrogen-bond acceptors (Lipinski definition) is 3. The van der Waals surface area contributed by atoms with E-state index in [4.69, 9.17) is 11.6 Å². The SMILES string of the molecule is O=C(NC(=O)c1ccccc1O)c1cccc(Cl)c1. The van der Waals surface area contributed by atoms with Crippen LogP contribution in [0.4, 0.5) is 0 Å². The van der Waals surface area contributed by atoms with Crippen LogP contribution in [0.2, 0.25) is 5.02 Å². The molecule has 0 bridgehead atoms. The number of halogens is 1. The predicted molar refractivity (Wildman–Crippen MR) is 71.4 cm³/mol. The molecule has 0 unspecified atom stereocenters. The van der Waals surface area contributed by atoms with Crippen LogP contribution in [0.25, 0.3) is 0 Å². The first-order valence-corrected chi connectivity index (χ1v) is 5.85. The van der Waals surface area contributed by atoms with E-state index in [1.807, 2.05) is 0 Å². The van der Waals surface area contributed by atoms with Crippen molar-refractivity contribution in [2.75, 3.05) is 0 Å². The van der Waals surface area contributed by atoms with Crippen LogP contribution in [0.3, 0.4) is 0 Å². The molecule has 0 heterocycles. The molecule has 0 fully saturated rings. The summed E-state index contributed by atoms with van der Waals surface area (Å²) in [7, 11) is 0. The Morgan fingerprint density at radius 2 is 1.74 bits per heavy atom. The van der Waals surface area contributed by atoms with E-state index >= 15 is 0 Å². The molecule has 0 spiro atoms. The summed E-state index contributed by atoms with van der Waals surface area (Å²) in [6, 6.07) is 12.2. The number of carbonyl (C=O) groups excluding carboxylic acids is 2. The number of imide groups is 1. The van der Waals surface area contributed by atoms with Crippen molar-refractivity contribution in [3.05, 3.63) is 64.7 Å². The molecule has 4 nitrogen and oxygen atoms in total. The van der Waals surface area contributed by atoms with E-state index in [0.717, 1.165) is 0 Å². The summed E-state index contributed by atoms with van der Waals surface area (Å²) in [5, 5.41) is 12.1. The molecule has 5 heteroatoms. The first-order chi connectivity index (χ1) is 9.08. The highest BCUT2D eigenvalue weighted by Crippen LogP contribution is 2.16. The van der Waals surface area contributed by atoms with Crippen LogP contribution in [0, 0.1) is 0 Å². The molecule has 2 aromatic rings. The molecular formula is C14H10ClNO3. The highest BCUT2D eigenvalue weighted by Gasteiger charge is 2.14. The molecule has 0 aliphatic rings. The smallest absolute Gasteiger partial charge is 0.261 e. The summed E-state index contributed by atoms with van der Waals surface area (Å²) < 4.78 is 0. The lowest BCUT2D eigenvalue weighted by atomic mass is 10.1. The van der Waals surface area contributed by atoms with Gasteiger partial charge in [0.05, 0.1) is 5.56 Å². The fourth-order valence-corrected chi connectivity index (χ4v) is 1.73. The van der Waals surface area contributed by atoms with Crippen LogP contribution in [0.5, 0.6) is 5.75 Å². The van der Waals surface area contributed by atoms with Crippen LogP contribution in [-0.2, 0) is 0 Å². The van der Waals surface area contributed by atoms with Gasteiger partial charge in [0.15, 0.2) is 0 Å². The normalized spacial score (nSPS) is 9.95. The highest BCUT2D eigenvalue weighted by atomic mass is 35.5. The maximum Gasteiger partial charge on any atom is 0.261 e. The molecule has 0 radical (unpaired) electrons. The third-order valence-electron chi connectivity index (χ3n) is 2.46. The standard InChI is InChI=1S/C14H10ClNO3/c15-10-5-3-4-9(8-10)13(18)16-14(19)11-6-1-2-7-12(11)17/h1-8,17H,(H,16,18,19). The summed E-state index contributed by atoms with van der Waals surface area (Å²) >= 11 is 5.76. The number of amides is 2. The Balaban J connectivity index is 2.16. The van der Waals surface area contributed by atoms with Crippen LogP contribution in [0.15, 0.2) is 48.5 Å². The largest absolute Gasteiger partial charge is 0.507 e. The molecule has 96 valence electrons. The number of carbonyl (C=O) groups is 2. The fraction of sp³-hybridized carbons (Fsp3) is 0. The first kappa shape index (κ1) is 13.1. The number of hydrogen-bond donors (Lipinski definition) is 2. The second-order valence-corrected chi connectivity index (χ2v) is 4.25. The van der Waals surface area contributed by atoms with Crippen molar-refractivity contribution in [1.82, 2.24) is 5.32 Å². The maximum absolute atomic E-state index is 11.8. The summed E-state index contributed by atoms with van der Waals surface area (Å²) in [4.78, 5) is 23.6. The number of phenolic OH excluding ortho intramolecular Hbond substituents is 1. The van der Waals surface area contributed by atoms with Crippen LogP contribution in [0.1, 0.15) is 20.7 Å². The molecule has 0 aliphatic carbocycles. The maximum atomic E-state index is 11.8. The minimum Gasteiger partial charge on any atom is -0.507 e. The Bertz CT molecular complexity index is 640. The van der Waals surface area contributed by atoms with E-state index in [2.05, 4.69) is 5.32 Å².